The maximum absolute atomic E-state index is 12.8. The van der Waals surface area contributed by atoms with Gasteiger partial charge in [0.05, 0.1) is 19.3 Å². The first-order valence-electron chi connectivity index (χ1n) is 9.37. The molecule has 4 nitrogen and oxygen atoms in total. The first kappa shape index (κ1) is 21.8. The Hall–Kier alpha value is -1.53. The van der Waals surface area contributed by atoms with Crippen molar-refractivity contribution in [3.63, 3.8) is 0 Å². The van der Waals surface area contributed by atoms with Gasteiger partial charge in [-0.1, -0.05) is 42.5 Å². The van der Waals surface area contributed by atoms with E-state index in [1.807, 2.05) is 89.2 Å². The van der Waals surface area contributed by atoms with E-state index in [4.69, 9.17) is 9.47 Å². The van der Waals surface area contributed by atoms with Gasteiger partial charge in [-0.15, -0.1) is 4.72 Å². The summed E-state index contributed by atoms with van der Waals surface area (Å²) < 4.78 is 27.4. The maximum atomic E-state index is 12.8. The van der Waals surface area contributed by atoms with Gasteiger partial charge in [0.15, 0.2) is 0 Å². The Labute approximate surface area is 166 Å². The average molecular weight is 390 g/mol. The minimum absolute atomic E-state index is 0.173. The summed E-state index contributed by atoms with van der Waals surface area (Å²) in [6, 6.07) is 17.7. The molecule has 0 aliphatic heterocycles. The van der Waals surface area contributed by atoms with Crippen LogP contribution in [0.1, 0.15) is 51.8 Å². The molecule has 0 spiro atoms. The zero-order valence-electron chi connectivity index (χ0n) is 16.9. The second-order valence-corrected chi connectivity index (χ2v) is 9.48. The molecular weight excluding hydrogens is 358 g/mol. The van der Waals surface area contributed by atoms with Gasteiger partial charge in [-0.2, -0.15) is 0 Å². The SMILES string of the molecule is CCOc1cccc([C@H](N[S@@+]([O-])C(C)(C)C)[C@H](C)OCc2ccccc2)c1. The van der Waals surface area contributed by atoms with E-state index in [0.717, 1.165) is 16.9 Å². The van der Waals surface area contributed by atoms with Crippen LogP contribution in [0.4, 0.5) is 0 Å². The van der Waals surface area contributed by atoms with Crippen LogP contribution in [0.3, 0.4) is 0 Å². The van der Waals surface area contributed by atoms with Crippen molar-refractivity contribution in [3.8, 4) is 5.75 Å². The van der Waals surface area contributed by atoms with Gasteiger partial charge in [-0.05, 0) is 57.9 Å². The lowest BCUT2D eigenvalue weighted by Gasteiger charge is -2.31. The smallest absolute Gasteiger partial charge is 0.136 e. The Morgan fingerprint density at radius 3 is 2.41 bits per heavy atom. The molecule has 0 unspecified atom stereocenters. The molecule has 3 atom stereocenters. The summed E-state index contributed by atoms with van der Waals surface area (Å²) >= 11 is -1.22. The fraction of sp³-hybridized carbons (Fsp3) is 0.455. The molecule has 148 valence electrons. The van der Waals surface area contributed by atoms with Crippen LogP contribution in [-0.4, -0.2) is 22.0 Å². The quantitative estimate of drug-likeness (QED) is 0.627. The molecule has 2 aromatic rings. The Morgan fingerprint density at radius 2 is 1.78 bits per heavy atom. The molecule has 2 rings (SSSR count). The molecular formula is C22H31NO3S. The molecule has 2 aromatic carbocycles. The number of benzene rings is 2. The zero-order chi connectivity index (χ0) is 19.9. The second kappa shape index (κ2) is 10.1. The third kappa shape index (κ3) is 6.85. The van der Waals surface area contributed by atoms with E-state index < -0.39 is 11.4 Å². The van der Waals surface area contributed by atoms with Crippen LogP contribution in [-0.2, 0) is 22.7 Å². The summed E-state index contributed by atoms with van der Waals surface area (Å²) in [5, 5.41) is 0. The molecule has 0 saturated heterocycles. The third-order valence-corrected chi connectivity index (χ3v) is 5.72. The lowest BCUT2D eigenvalue weighted by molar-refractivity contribution is 0.0317. The first-order valence-corrected chi connectivity index (χ1v) is 10.5. The van der Waals surface area contributed by atoms with Crippen molar-refractivity contribution in [3.05, 3.63) is 65.7 Å². The van der Waals surface area contributed by atoms with Crippen LogP contribution in [0, 0.1) is 0 Å². The molecule has 0 aliphatic carbocycles. The molecule has 27 heavy (non-hydrogen) atoms. The largest absolute Gasteiger partial charge is 0.598 e. The number of nitrogens with one attached hydrogen (secondary N) is 1. The number of rotatable bonds is 9. The normalized spacial score (nSPS) is 15.2. The van der Waals surface area contributed by atoms with Gasteiger partial charge in [0.2, 0.25) is 0 Å². The predicted molar refractivity (Wildman–Crippen MR) is 112 cm³/mol. The summed E-state index contributed by atoms with van der Waals surface area (Å²) in [4.78, 5) is 0. The molecule has 0 saturated carbocycles. The highest BCUT2D eigenvalue weighted by atomic mass is 32.2. The highest BCUT2D eigenvalue weighted by molar-refractivity contribution is 7.90. The second-order valence-electron chi connectivity index (χ2n) is 7.48. The topological polar surface area (TPSA) is 53.5 Å². The number of hydrogen-bond acceptors (Lipinski definition) is 4. The molecule has 0 heterocycles. The van der Waals surface area contributed by atoms with Gasteiger partial charge >= 0.3 is 0 Å². The Kier molecular flexibility index (Phi) is 8.17. The zero-order valence-corrected chi connectivity index (χ0v) is 17.7. The highest BCUT2D eigenvalue weighted by Crippen LogP contribution is 2.27. The molecule has 0 amide bonds. The summed E-state index contributed by atoms with van der Waals surface area (Å²) in [6.07, 6.45) is -0.173. The van der Waals surface area contributed by atoms with E-state index in [2.05, 4.69) is 4.72 Å². The van der Waals surface area contributed by atoms with Gasteiger partial charge in [0.25, 0.3) is 0 Å². The third-order valence-electron chi connectivity index (χ3n) is 4.14. The van der Waals surface area contributed by atoms with Crippen LogP contribution in [0.2, 0.25) is 0 Å². The minimum atomic E-state index is -1.22. The number of ether oxygens (including phenoxy) is 2. The fourth-order valence-corrected chi connectivity index (χ4v) is 3.50. The Bertz CT molecular complexity index is 687. The molecule has 1 N–H and O–H groups in total. The van der Waals surface area contributed by atoms with Crippen molar-refractivity contribution in [2.45, 2.75) is 58.1 Å². The lowest BCUT2D eigenvalue weighted by atomic mass is 10.0. The monoisotopic (exact) mass is 389 g/mol. The van der Waals surface area contributed by atoms with Crippen molar-refractivity contribution >= 4 is 11.4 Å². The van der Waals surface area contributed by atoms with Crippen LogP contribution in [0.5, 0.6) is 5.75 Å². The van der Waals surface area contributed by atoms with Crippen LogP contribution in [0.25, 0.3) is 0 Å². The van der Waals surface area contributed by atoms with Gasteiger partial charge in [0.1, 0.15) is 16.5 Å². The molecule has 0 fully saturated rings. The van der Waals surface area contributed by atoms with Crippen LogP contribution >= 0.6 is 0 Å². The molecule has 0 aromatic heterocycles. The van der Waals surface area contributed by atoms with Crippen molar-refractivity contribution in [1.29, 1.82) is 0 Å². The summed E-state index contributed by atoms with van der Waals surface area (Å²) in [5.41, 5.74) is 2.11. The van der Waals surface area contributed by atoms with Crippen molar-refractivity contribution in [2.75, 3.05) is 6.61 Å². The molecule has 0 radical (unpaired) electrons. The lowest BCUT2D eigenvalue weighted by Crippen LogP contribution is -2.44. The van der Waals surface area contributed by atoms with E-state index in [1.54, 1.807) is 0 Å². The standard InChI is InChI=1S/C22H31NO3S/c1-6-25-20-14-10-13-19(15-20)21(23-27(24)22(3,4)5)17(2)26-16-18-11-8-7-9-12-18/h7-15,17,21,23H,6,16H2,1-5H3/t17-,21+,27-/m0/s1. The molecule has 0 bridgehead atoms. The van der Waals surface area contributed by atoms with Gasteiger partial charge in [-0.3, -0.25) is 0 Å². The van der Waals surface area contributed by atoms with Crippen molar-refractivity contribution in [2.24, 2.45) is 0 Å². The van der Waals surface area contributed by atoms with Crippen LogP contribution in [0.15, 0.2) is 54.6 Å². The first-order chi connectivity index (χ1) is 12.8. The van der Waals surface area contributed by atoms with Crippen LogP contribution < -0.4 is 9.46 Å². The maximum Gasteiger partial charge on any atom is 0.136 e. The van der Waals surface area contributed by atoms with Gasteiger partial charge < -0.3 is 14.0 Å². The van der Waals surface area contributed by atoms with Crippen molar-refractivity contribution < 1.29 is 14.0 Å². The van der Waals surface area contributed by atoms with Crippen molar-refractivity contribution in [1.82, 2.24) is 4.72 Å². The van der Waals surface area contributed by atoms with E-state index >= 15 is 0 Å². The average Bonchev–Trinajstić information content (AvgIpc) is 2.64. The van der Waals surface area contributed by atoms with E-state index in [1.165, 1.54) is 0 Å². The van der Waals surface area contributed by atoms with Gasteiger partial charge in [0, 0.05) is 11.4 Å². The Balaban J connectivity index is 2.19. The summed E-state index contributed by atoms with van der Waals surface area (Å²) in [7, 11) is 0. The Morgan fingerprint density at radius 1 is 1.07 bits per heavy atom. The predicted octanol–water partition coefficient (Wildman–Crippen LogP) is 4.78. The van der Waals surface area contributed by atoms with Gasteiger partial charge in [-0.25, -0.2) is 0 Å². The van der Waals surface area contributed by atoms with E-state index in [9.17, 15) is 4.55 Å². The number of hydrogen-bond donors (Lipinski definition) is 1. The molecule has 5 heteroatoms. The minimum Gasteiger partial charge on any atom is -0.598 e. The summed E-state index contributed by atoms with van der Waals surface area (Å²) in [6.45, 7) is 11.0. The van der Waals surface area contributed by atoms with E-state index in [0.29, 0.717) is 13.2 Å². The fourth-order valence-electron chi connectivity index (χ4n) is 2.59. The molecule has 0 aliphatic rings. The summed E-state index contributed by atoms with van der Waals surface area (Å²) in [5.74, 6) is 0.804. The van der Waals surface area contributed by atoms with E-state index in [-0.39, 0.29) is 16.9 Å². The highest BCUT2D eigenvalue weighted by Gasteiger charge is 2.32.